The Morgan fingerprint density at radius 2 is 1.42 bits per heavy atom. The van der Waals surface area contributed by atoms with Crippen molar-refractivity contribution in [1.29, 1.82) is 0 Å². The van der Waals surface area contributed by atoms with Gasteiger partial charge in [0.15, 0.2) is 0 Å². The number of ether oxygens (including phenoxy) is 1. The second-order valence-corrected chi connectivity index (χ2v) is 3.23. The summed E-state index contributed by atoms with van der Waals surface area (Å²) in [4.78, 5) is 0. The number of hydrogen-bond donors (Lipinski definition) is 0. The summed E-state index contributed by atoms with van der Waals surface area (Å²) in [6.45, 7) is 5.67. The third-order valence-electron chi connectivity index (χ3n) is 0.408. The van der Waals surface area contributed by atoms with Crippen LogP contribution < -0.4 is 59.1 Å². The van der Waals surface area contributed by atoms with Gasteiger partial charge in [-0.15, -0.1) is 0 Å². The van der Waals surface area contributed by atoms with Crippen LogP contribution in [0.25, 0.3) is 0 Å². The molecular formula is C4H10Na2O4S2. The van der Waals surface area contributed by atoms with Crippen LogP contribution in [0.15, 0.2) is 0 Å². The first-order valence-corrected chi connectivity index (χ1v) is 4.99. The molecule has 0 atom stereocenters. The van der Waals surface area contributed by atoms with Crippen molar-refractivity contribution in [2.45, 2.75) is 13.8 Å². The molecule has 0 aromatic heterocycles. The zero-order valence-electron chi connectivity index (χ0n) is 7.86. The second-order valence-electron chi connectivity index (χ2n) is 1.19. The fourth-order valence-electron chi connectivity index (χ4n) is 0.204. The molecule has 0 N–H and O–H groups in total. The number of hydrogen-bond acceptors (Lipinski definition) is 5. The SMILES string of the molecule is CCOCC.O=S(=O)([O-])[S-].[Na+].[Na+]. The van der Waals surface area contributed by atoms with Crippen LogP contribution in [0.1, 0.15) is 13.8 Å². The molecule has 0 aromatic carbocycles. The first-order valence-electron chi connectivity index (χ1n) is 2.66. The van der Waals surface area contributed by atoms with Crippen LogP contribution in [0.4, 0.5) is 0 Å². The van der Waals surface area contributed by atoms with Crippen LogP contribution in [-0.2, 0) is 25.5 Å². The minimum absolute atomic E-state index is 0. The van der Waals surface area contributed by atoms with E-state index in [-0.39, 0.29) is 59.1 Å². The quantitative estimate of drug-likeness (QED) is 0.205. The van der Waals surface area contributed by atoms with Crippen molar-refractivity contribution in [2.75, 3.05) is 13.2 Å². The molecule has 0 unspecified atom stereocenters. The summed E-state index contributed by atoms with van der Waals surface area (Å²) in [5.74, 6) is 0. The first-order chi connectivity index (χ1) is 4.41. The Morgan fingerprint density at radius 1 is 1.25 bits per heavy atom. The van der Waals surface area contributed by atoms with Gasteiger partial charge in [0.2, 0.25) is 0 Å². The van der Waals surface area contributed by atoms with Gasteiger partial charge < -0.3 is 21.0 Å². The topological polar surface area (TPSA) is 66.4 Å². The van der Waals surface area contributed by atoms with E-state index in [2.05, 4.69) is 11.7 Å². The average Bonchev–Trinajstić information content (AvgIpc) is 1.63. The average molecular weight is 232 g/mol. The van der Waals surface area contributed by atoms with Gasteiger partial charge in [-0.1, -0.05) is 0 Å². The molecular weight excluding hydrogens is 222 g/mol. The van der Waals surface area contributed by atoms with Crippen molar-refractivity contribution in [2.24, 2.45) is 0 Å². The minimum atomic E-state index is -4.33. The molecule has 0 saturated heterocycles. The zero-order valence-corrected chi connectivity index (χ0v) is 13.5. The molecule has 0 aliphatic carbocycles. The summed E-state index contributed by atoms with van der Waals surface area (Å²) >= 11 is 3.24. The largest absolute Gasteiger partial charge is 1.00 e. The van der Waals surface area contributed by atoms with Crippen molar-refractivity contribution in [3.8, 4) is 0 Å². The van der Waals surface area contributed by atoms with Gasteiger partial charge in [-0.3, -0.25) is 8.42 Å². The predicted octanol–water partition coefficient (Wildman–Crippen LogP) is -5.96. The summed E-state index contributed by atoms with van der Waals surface area (Å²) in [6, 6.07) is 0. The van der Waals surface area contributed by atoms with E-state index in [0.717, 1.165) is 13.2 Å². The van der Waals surface area contributed by atoms with Gasteiger partial charge in [0.05, 0.1) is 0 Å². The standard InChI is InChI=1S/C4H10O.2Na.H2O3S2/c1-3-5-4-2;;;1-5(2,3)4/h3-4H2,1-2H3;;;(H2,1,2,3,4)/q;2*+1;/p-2. The fourth-order valence-corrected chi connectivity index (χ4v) is 0.204. The minimum Gasteiger partial charge on any atom is -0.768 e. The van der Waals surface area contributed by atoms with E-state index in [1.807, 2.05) is 13.8 Å². The van der Waals surface area contributed by atoms with Gasteiger partial charge in [-0.05, 0) is 23.0 Å². The van der Waals surface area contributed by atoms with Crippen LogP contribution in [0, 0.1) is 0 Å². The van der Waals surface area contributed by atoms with Gasteiger partial charge in [0, 0.05) is 13.2 Å². The molecule has 0 fully saturated rings. The molecule has 0 amide bonds. The third kappa shape index (κ3) is 86.4. The molecule has 0 heterocycles. The smallest absolute Gasteiger partial charge is 0.768 e. The Balaban J connectivity index is -0.0000000457. The van der Waals surface area contributed by atoms with E-state index in [1.165, 1.54) is 0 Å². The van der Waals surface area contributed by atoms with Crippen molar-refractivity contribution in [1.82, 2.24) is 0 Å². The molecule has 12 heavy (non-hydrogen) atoms. The predicted molar refractivity (Wildman–Crippen MR) is 39.2 cm³/mol. The van der Waals surface area contributed by atoms with Gasteiger partial charge in [0.25, 0.3) is 0 Å². The van der Waals surface area contributed by atoms with E-state index in [0.29, 0.717) is 0 Å². The molecule has 0 aromatic rings. The summed E-state index contributed by atoms with van der Waals surface area (Å²) in [7, 11) is -4.33. The van der Waals surface area contributed by atoms with Crippen molar-refractivity contribution >= 4 is 20.8 Å². The van der Waals surface area contributed by atoms with E-state index in [4.69, 9.17) is 17.7 Å². The molecule has 0 radical (unpaired) electrons. The summed E-state index contributed by atoms with van der Waals surface area (Å²) in [5, 5.41) is 0. The Labute approximate surface area is 123 Å². The monoisotopic (exact) mass is 232 g/mol. The first kappa shape index (κ1) is 23.8. The second kappa shape index (κ2) is 15.7. The normalized spacial score (nSPS) is 8.33. The summed E-state index contributed by atoms with van der Waals surface area (Å²) < 4.78 is 31.5. The van der Waals surface area contributed by atoms with Gasteiger partial charge in [-0.2, -0.15) is 0 Å². The third-order valence-corrected chi connectivity index (χ3v) is 0.408. The van der Waals surface area contributed by atoms with Crippen LogP contribution in [0.2, 0.25) is 0 Å². The Hall–Kier alpha value is 2.22. The van der Waals surface area contributed by atoms with Crippen LogP contribution in [0.3, 0.4) is 0 Å². The van der Waals surface area contributed by atoms with E-state index in [9.17, 15) is 0 Å². The van der Waals surface area contributed by atoms with Gasteiger partial charge in [-0.25, -0.2) is 0 Å². The fraction of sp³-hybridized carbons (Fsp3) is 1.00. The number of rotatable bonds is 2. The Morgan fingerprint density at radius 3 is 1.42 bits per heavy atom. The summed E-state index contributed by atoms with van der Waals surface area (Å²) in [6.07, 6.45) is 0. The van der Waals surface area contributed by atoms with Crippen LogP contribution in [-0.4, -0.2) is 26.2 Å². The van der Waals surface area contributed by atoms with Gasteiger partial charge >= 0.3 is 59.1 Å². The molecule has 4 nitrogen and oxygen atoms in total. The van der Waals surface area contributed by atoms with E-state index >= 15 is 0 Å². The molecule has 0 bridgehead atoms. The Kier molecular flexibility index (Phi) is 31.1. The van der Waals surface area contributed by atoms with Crippen molar-refractivity contribution in [3.05, 3.63) is 0 Å². The van der Waals surface area contributed by atoms with Crippen LogP contribution >= 0.6 is 0 Å². The molecule has 64 valence electrons. The van der Waals surface area contributed by atoms with E-state index in [1.54, 1.807) is 0 Å². The maximum atomic E-state index is 8.89. The Bertz CT molecular complexity index is 137. The van der Waals surface area contributed by atoms with Crippen molar-refractivity contribution < 1.29 is 76.8 Å². The molecule has 0 aliphatic heterocycles. The maximum absolute atomic E-state index is 8.89. The molecule has 0 spiro atoms. The maximum Gasteiger partial charge on any atom is 1.00 e. The van der Waals surface area contributed by atoms with Gasteiger partial charge in [0.1, 0.15) is 0 Å². The summed E-state index contributed by atoms with van der Waals surface area (Å²) in [5.41, 5.74) is 0. The van der Waals surface area contributed by atoms with Crippen molar-refractivity contribution in [3.63, 3.8) is 0 Å². The van der Waals surface area contributed by atoms with Crippen LogP contribution in [0.5, 0.6) is 0 Å². The molecule has 8 heteroatoms. The van der Waals surface area contributed by atoms with E-state index < -0.39 is 9.15 Å². The molecule has 0 aliphatic rings. The zero-order chi connectivity index (χ0) is 8.62. The molecule has 0 saturated carbocycles. The molecule has 0 rings (SSSR count).